The Hall–Kier alpha value is -3.08. The van der Waals surface area contributed by atoms with Crippen LogP contribution in [0.25, 0.3) is 0 Å². The third-order valence-electron chi connectivity index (χ3n) is 17.7. The fourth-order valence-electron chi connectivity index (χ4n) is 13.3. The van der Waals surface area contributed by atoms with Crippen molar-refractivity contribution in [3.63, 3.8) is 0 Å². The number of carbonyl (C=O) groups excluding carboxylic acids is 1. The quantitative estimate of drug-likeness (QED) is 0.161. The second-order valence-corrected chi connectivity index (χ2v) is 20.8. The van der Waals surface area contributed by atoms with Gasteiger partial charge in [0, 0.05) is 11.0 Å². The third-order valence-corrected chi connectivity index (χ3v) is 17.7. The van der Waals surface area contributed by atoms with Crippen molar-refractivity contribution in [2.45, 2.75) is 132 Å². The summed E-state index contributed by atoms with van der Waals surface area (Å²) in [6, 6.07) is 9.37. The number of nitrogens with zero attached hydrogens (tertiary/aromatic N) is 3. The van der Waals surface area contributed by atoms with Crippen LogP contribution in [0.5, 0.6) is 0 Å². The van der Waals surface area contributed by atoms with E-state index >= 15 is 0 Å². The SMILES string of the molecule is CN[C@@](C)(CO[C@H]1[C@H](n2ncnc2C(=O)OCc2ccccc2)C[C@]2(C)COC[C@@]13C1=CC[C@@]4(C)[C@H](C(=O)O)[C@@](C)([C@H](C)C(C)C)CC[C@]4(C)[C@H]1CC[C@H]23)C(C)C. The van der Waals surface area contributed by atoms with E-state index in [0.29, 0.717) is 38.6 Å². The number of fused-ring (bicyclic) bond motifs is 3. The molecule has 10 nitrogen and oxygen atoms in total. The molecule has 3 saturated carbocycles. The molecule has 5 aliphatic rings. The van der Waals surface area contributed by atoms with E-state index in [4.69, 9.17) is 19.3 Å². The molecule has 0 radical (unpaired) electrons. The summed E-state index contributed by atoms with van der Waals surface area (Å²) in [5.74, 6) is -0.0909. The lowest BCUT2D eigenvalue weighted by atomic mass is 9.34. The lowest BCUT2D eigenvalue weighted by Gasteiger charge is -2.71. The number of carboxylic acid groups (broad SMARTS) is 1. The first kappa shape index (κ1) is 42.1. The number of allylic oxidation sites excluding steroid dienone is 1. The number of aromatic nitrogens is 3. The van der Waals surface area contributed by atoms with E-state index in [0.717, 1.165) is 31.2 Å². The van der Waals surface area contributed by atoms with Crippen molar-refractivity contribution in [1.82, 2.24) is 20.1 Å². The molecule has 314 valence electrons. The molecule has 2 heterocycles. The van der Waals surface area contributed by atoms with Gasteiger partial charge in [-0.3, -0.25) is 4.79 Å². The summed E-state index contributed by atoms with van der Waals surface area (Å²) in [5.41, 5.74) is 0.210. The predicted molar refractivity (Wildman–Crippen MR) is 220 cm³/mol. The van der Waals surface area contributed by atoms with E-state index in [2.05, 4.69) is 85.6 Å². The van der Waals surface area contributed by atoms with Gasteiger partial charge in [0.15, 0.2) is 0 Å². The highest BCUT2D eigenvalue weighted by Crippen LogP contribution is 2.75. The predicted octanol–water partition coefficient (Wildman–Crippen LogP) is 8.78. The Balaban J connectivity index is 1.36. The molecule has 0 amide bonds. The molecule has 2 bridgehead atoms. The van der Waals surface area contributed by atoms with Crippen LogP contribution in [0.2, 0.25) is 0 Å². The minimum Gasteiger partial charge on any atom is -0.481 e. The van der Waals surface area contributed by atoms with Crippen LogP contribution in [0, 0.1) is 62.6 Å². The average molecular weight is 787 g/mol. The summed E-state index contributed by atoms with van der Waals surface area (Å²) in [4.78, 5) is 32.1. The molecule has 10 heteroatoms. The van der Waals surface area contributed by atoms with Gasteiger partial charge in [-0.05, 0) is 109 Å². The number of likely N-dealkylation sites (N-methyl/N-ethyl adjacent to an activating group) is 1. The summed E-state index contributed by atoms with van der Waals surface area (Å²) < 4.78 is 21.9. The highest BCUT2D eigenvalue weighted by atomic mass is 16.5. The number of hydrogen-bond donors (Lipinski definition) is 2. The molecule has 2 aromatic rings. The van der Waals surface area contributed by atoms with Crippen molar-refractivity contribution in [3.8, 4) is 0 Å². The molecule has 12 atom stereocenters. The van der Waals surface area contributed by atoms with Gasteiger partial charge < -0.3 is 24.6 Å². The first-order valence-electron chi connectivity index (χ1n) is 21.7. The minimum atomic E-state index is -0.660. The fraction of sp³-hybridized carbons (Fsp3) is 0.745. The number of carboxylic acids is 1. The smallest absolute Gasteiger partial charge is 0.376 e. The molecule has 1 aliphatic heterocycles. The van der Waals surface area contributed by atoms with Gasteiger partial charge >= 0.3 is 11.9 Å². The Morgan fingerprint density at radius 1 is 1.04 bits per heavy atom. The van der Waals surface area contributed by atoms with Crippen molar-refractivity contribution >= 4 is 11.9 Å². The summed E-state index contributed by atoms with van der Waals surface area (Å²) in [7, 11) is 2.00. The van der Waals surface area contributed by atoms with Crippen molar-refractivity contribution in [2.24, 2.45) is 62.6 Å². The Morgan fingerprint density at radius 3 is 2.40 bits per heavy atom. The molecule has 0 unspecified atom stereocenters. The van der Waals surface area contributed by atoms with E-state index in [1.165, 1.54) is 11.9 Å². The molecule has 4 fully saturated rings. The van der Waals surface area contributed by atoms with Crippen molar-refractivity contribution in [2.75, 3.05) is 26.9 Å². The van der Waals surface area contributed by atoms with E-state index in [-0.39, 0.29) is 63.9 Å². The van der Waals surface area contributed by atoms with E-state index < -0.39 is 34.8 Å². The molecule has 2 N–H and O–H groups in total. The zero-order valence-electron chi connectivity index (χ0n) is 36.6. The maximum absolute atomic E-state index is 13.9. The average Bonchev–Trinajstić information content (AvgIpc) is 3.66. The van der Waals surface area contributed by atoms with E-state index in [1.807, 2.05) is 42.1 Å². The number of hydrogen-bond acceptors (Lipinski definition) is 8. The van der Waals surface area contributed by atoms with Crippen LogP contribution < -0.4 is 5.32 Å². The van der Waals surface area contributed by atoms with E-state index in [1.54, 1.807) is 0 Å². The molecule has 1 aromatic carbocycles. The zero-order chi connectivity index (χ0) is 41.3. The number of benzene rings is 1. The second-order valence-electron chi connectivity index (χ2n) is 20.8. The molecule has 4 aliphatic carbocycles. The Labute approximate surface area is 341 Å². The maximum atomic E-state index is 13.9. The van der Waals surface area contributed by atoms with Gasteiger partial charge in [-0.2, -0.15) is 5.10 Å². The molecule has 0 spiro atoms. The normalized spacial score (nSPS) is 39.0. The van der Waals surface area contributed by atoms with Gasteiger partial charge in [0.05, 0.1) is 37.9 Å². The lowest BCUT2D eigenvalue weighted by molar-refractivity contribution is -0.255. The van der Waals surface area contributed by atoms with Crippen LogP contribution >= 0.6 is 0 Å². The van der Waals surface area contributed by atoms with Crippen molar-refractivity contribution in [3.05, 3.63) is 59.7 Å². The van der Waals surface area contributed by atoms with Gasteiger partial charge in [0.2, 0.25) is 5.82 Å². The fourth-order valence-corrected chi connectivity index (χ4v) is 13.3. The first-order valence-corrected chi connectivity index (χ1v) is 21.7. The number of nitrogens with one attached hydrogen (secondary N) is 1. The Bertz CT molecular complexity index is 1840. The highest BCUT2D eigenvalue weighted by Gasteiger charge is 2.73. The molecule has 1 aromatic heterocycles. The van der Waals surface area contributed by atoms with Crippen LogP contribution in [0.3, 0.4) is 0 Å². The lowest BCUT2D eigenvalue weighted by Crippen LogP contribution is -2.70. The van der Waals surface area contributed by atoms with Gasteiger partial charge in [-0.15, -0.1) is 0 Å². The molecule has 7 rings (SSSR count). The monoisotopic (exact) mass is 787 g/mol. The maximum Gasteiger partial charge on any atom is 0.376 e. The van der Waals surface area contributed by atoms with Gasteiger partial charge in [-0.25, -0.2) is 14.5 Å². The molecular weight excluding hydrogens is 717 g/mol. The van der Waals surface area contributed by atoms with Crippen LogP contribution in [0.15, 0.2) is 48.3 Å². The third kappa shape index (κ3) is 6.36. The number of carbonyl (C=O) groups is 2. The zero-order valence-corrected chi connectivity index (χ0v) is 36.6. The largest absolute Gasteiger partial charge is 0.481 e. The van der Waals surface area contributed by atoms with Crippen LogP contribution in [0.1, 0.15) is 130 Å². The van der Waals surface area contributed by atoms with Crippen molar-refractivity contribution < 1.29 is 28.9 Å². The van der Waals surface area contributed by atoms with Gasteiger partial charge in [0.25, 0.3) is 0 Å². The number of aliphatic carboxylic acids is 1. The molecule has 57 heavy (non-hydrogen) atoms. The Morgan fingerprint density at radius 2 is 1.75 bits per heavy atom. The first-order chi connectivity index (χ1) is 26.8. The highest BCUT2D eigenvalue weighted by molar-refractivity contribution is 5.85. The summed E-state index contributed by atoms with van der Waals surface area (Å²) in [6.45, 7) is 24.5. The number of ether oxygens (including phenoxy) is 3. The number of rotatable bonds is 12. The molecular formula is C47H70N4O6. The number of esters is 1. The second kappa shape index (κ2) is 14.9. The topological polar surface area (TPSA) is 125 Å². The van der Waals surface area contributed by atoms with Crippen LogP contribution in [-0.4, -0.2) is 70.3 Å². The summed E-state index contributed by atoms with van der Waals surface area (Å²) in [5, 5.41) is 19.6. The standard InChI is InChI=1S/C47H70N4O6/c1-29(2)31(5)43(7)21-22-44(8)33-17-18-36-42(6)23-35(51-39(49-28-50-51)41(54)56-24-32-15-13-12-14-16-32)38(57-26-46(10,48-11)30(3)4)47(36,27-55-25-42)34(33)19-20-45(44,9)37(43)40(52)53/h12-16,19,28-31,33,35-38,48H,17-18,20-27H2,1-11H3,(H,52,53)/t31-,33+,35-,36-,37-,38+,42-,43-,44-,45+,46+,47+/m1/s1. The van der Waals surface area contributed by atoms with E-state index in [9.17, 15) is 14.7 Å². The summed E-state index contributed by atoms with van der Waals surface area (Å²) in [6.07, 6.45) is 8.83. The van der Waals surface area contributed by atoms with Crippen molar-refractivity contribution in [1.29, 1.82) is 0 Å². The van der Waals surface area contributed by atoms with Gasteiger partial charge in [0.1, 0.15) is 12.9 Å². The Kier molecular flexibility index (Phi) is 11.0. The molecule has 1 saturated heterocycles. The van der Waals surface area contributed by atoms with Gasteiger partial charge in [-0.1, -0.05) is 104 Å². The van der Waals surface area contributed by atoms with Crippen LogP contribution in [-0.2, 0) is 25.6 Å². The summed E-state index contributed by atoms with van der Waals surface area (Å²) >= 11 is 0. The minimum absolute atomic E-state index is 0.141. The van der Waals surface area contributed by atoms with Crippen LogP contribution in [0.4, 0.5) is 0 Å².